The molecule has 0 unspecified atom stereocenters. The molecular formula is C17H19NO4S. The summed E-state index contributed by atoms with van der Waals surface area (Å²) in [6.45, 7) is 2.77. The maximum atomic E-state index is 12.9. The summed E-state index contributed by atoms with van der Waals surface area (Å²) in [5.74, 6) is 1.05. The Labute approximate surface area is 136 Å². The first kappa shape index (κ1) is 15.8. The molecule has 1 heterocycles. The Bertz CT molecular complexity index is 789. The second-order valence-electron chi connectivity index (χ2n) is 5.41. The number of ether oxygens (including phenoxy) is 2. The van der Waals surface area contributed by atoms with Crippen LogP contribution >= 0.6 is 0 Å². The lowest BCUT2D eigenvalue weighted by Crippen LogP contribution is -2.30. The minimum Gasteiger partial charge on any atom is -0.486 e. The lowest BCUT2D eigenvalue weighted by molar-refractivity contribution is 0.171. The van der Waals surface area contributed by atoms with Crippen molar-refractivity contribution in [3.8, 4) is 11.5 Å². The predicted octanol–water partition coefficient (Wildman–Crippen LogP) is 2.84. The summed E-state index contributed by atoms with van der Waals surface area (Å²) < 4.78 is 38.0. The van der Waals surface area contributed by atoms with Gasteiger partial charge in [-0.25, -0.2) is 8.42 Å². The summed E-state index contributed by atoms with van der Waals surface area (Å²) in [7, 11) is -2.03. The van der Waals surface area contributed by atoms with E-state index in [-0.39, 0.29) is 10.9 Å². The summed E-state index contributed by atoms with van der Waals surface area (Å²) in [6.07, 6.45) is 0. The normalized spacial score (nSPS) is 15.4. The lowest BCUT2D eigenvalue weighted by atomic mass is 10.1. The van der Waals surface area contributed by atoms with Crippen LogP contribution < -0.4 is 9.47 Å². The molecule has 0 bridgehead atoms. The summed E-state index contributed by atoms with van der Waals surface area (Å²) in [6, 6.07) is 14.0. The first-order valence-electron chi connectivity index (χ1n) is 7.43. The molecule has 0 fully saturated rings. The molecule has 0 spiro atoms. The van der Waals surface area contributed by atoms with Gasteiger partial charge in [-0.2, -0.15) is 4.31 Å². The van der Waals surface area contributed by atoms with E-state index in [9.17, 15) is 8.42 Å². The number of rotatable bonds is 4. The van der Waals surface area contributed by atoms with Crippen LogP contribution in [0.15, 0.2) is 53.4 Å². The average molecular weight is 333 g/mol. The van der Waals surface area contributed by atoms with Gasteiger partial charge in [0.1, 0.15) is 13.2 Å². The molecule has 1 aliphatic rings. The molecule has 5 nitrogen and oxygen atoms in total. The molecule has 1 aliphatic heterocycles. The minimum absolute atomic E-state index is 0.201. The van der Waals surface area contributed by atoms with E-state index in [1.807, 2.05) is 37.3 Å². The van der Waals surface area contributed by atoms with Crippen molar-refractivity contribution in [3.63, 3.8) is 0 Å². The molecule has 3 rings (SSSR count). The molecule has 6 heteroatoms. The quantitative estimate of drug-likeness (QED) is 0.863. The summed E-state index contributed by atoms with van der Waals surface area (Å²) in [4.78, 5) is 0.201. The van der Waals surface area contributed by atoms with E-state index in [4.69, 9.17) is 9.47 Å². The zero-order chi connectivity index (χ0) is 16.4. The minimum atomic E-state index is -3.62. The van der Waals surface area contributed by atoms with Crippen molar-refractivity contribution in [2.45, 2.75) is 17.9 Å². The largest absolute Gasteiger partial charge is 0.486 e. The van der Waals surface area contributed by atoms with Gasteiger partial charge in [0.05, 0.1) is 4.90 Å². The van der Waals surface area contributed by atoms with Crippen molar-refractivity contribution in [3.05, 3.63) is 54.1 Å². The summed E-state index contributed by atoms with van der Waals surface area (Å²) in [5, 5.41) is 0. The monoisotopic (exact) mass is 333 g/mol. The van der Waals surface area contributed by atoms with Crippen molar-refractivity contribution in [1.29, 1.82) is 0 Å². The van der Waals surface area contributed by atoms with Gasteiger partial charge in [0.2, 0.25) is 10.0 Å². The van der Waals surface area contributed by atoms with Gasteiger partial charge in [-0.05, 0) is 24.6 Å². The highest BCUT2D eigenvalue weighted by atomic mass is 32.2. The second-order valence-corrected chi connectivity index (χ2v) is 7.41. The first-order chi connectivity index (χ1) is 11.0. The fourth-order valence-electron chi connectivity index (χ4n) is 2.50. The van der Waals surface area contributed by atoms with E-state index in [0.717, 1.165) is 5.56 Å². The van der Waals surface area contributed by atoms with Crippen molar-refractivity contribution in [1.82, 2.24) is 4.31 Å². The van der Waals surface area contributed by atoms with Crippen molar-refractivity contribution in [2.24, 2.45) is 0 Å². The van der Waals surface area contributed by atoms with E-state index < -0.39 is 10.0 Å². The van der Waals surface area contributed by atoms with Crippen molar-refractivity contribution >= 4 is 10.0 Å². The third kappa shape index (κ3) is 3.04. The van der Waals surface area contributed by atoms with Crippen LogP contribution in [0.25, 0.3) is 0 Å². The van der Waals surface area contributed by atoms with E-state index >= 15 is 0 Å². The van der Waals surface area contributed by atoms with Gasteiger partial charge in [-0.15, -0.1) is 0 Å². The highest BCUT2D eigenvalue weighted by molar-refractivity contribution is 7.89. The standard InChI is InChI=1S/C17H19NO4S/c1-13(14-6-4-3-5-7-14)18(2)23(19,20)15-8-9-16-17(12-15)22-11-10-21-16/h3-9,12-13H,10-11H2,1-2H3/t13-/m0/s1. The van der Waals surface area contributed by atoms with Crippen LogP contribution in [0.4, 0.5) is 0 Å². The maximum absolute atomic E-state index is 12.9. The highest BCUT2D eigenvalue weighted by Crippen LogP contribution is 2.34. The van der Waals surface area contributed by atoms with Crippen molar-refractivity contribution < 1.29 is 17.9 Å². The molecule has 0 aliphatic carbocycles. The van der Waals surface area contributed by atoms with Gasteiger partial charge >= 0.3 is 0 Å². The second kappa shape index (κ2) is 6.22. The van der Waals surface area contributed by atoms with E-state index in [2.05, 4.69) is 0 Å². The summed E-state index contributed by atoms with van der Waals surface area (Å²) >= 11 is 0. The third-order valence-electron chi connectivity index (χ3n) is 4.02. The van der Waals surface area contributed by atoms with Crippen LogP contribution in [0, 0.1) is 0 Å². The molecule has 0 amide bonds. The molecule has 122 valence electrons. The molecule has 0 radical (unpaired) electrons. The average Bonchev–Trinajstić information content (AvgIpc) is 2.60. The van der Waals surface area contributed by atoms with Crippen LogP contribution in [0.5, 0.6) is 11.5 Å². The Balaban J connectivity index is 1.91. The molecule has 0 N–H and O–H groups in total. The topological polar surface area (TPSA) is 55.8 Å². The zero-order valence-corrected chi connectivity index (χ0v) is 13.9. The summed E-state index contributed by atoms with van der Waals surface area (Å²) in [5.41, 5.74) is 0.941. The van der Waals surface area contributed by atoms with Crippen LogP contribution in [-0.4, -0.2) is 33.0 Å². The van der Waals surface area contributed by atoms with Gasteiger partial charge in [-0.3, -0.25) is 0 Å². The SMILES string of the molecule is C[C@@H](c1ccccc1)N(C)S(=O)(=O)c1ccc2c(c1)OCCO2. The molecular weight excluding hydrogens is 314 g/mol. The first-order valence-corrected chi connectivity index (χ1v) is 8.87. The molecule has 0 saturated heterocycles. The molecule has 0 saturated carbocycles. The zero-order valence-electron chi connectivity index (χ0n) is 13.1. The Morgan fingerprint density at radius 3 is 2.35 bits per heavy atom. The van der Waals surface area contributed by atoms with Crippen LogP contribution in [-0.2, 0) is 10.0 Å². The smallest absolute Gasteiger partial charge is 0.243 e. The molecule has 1 atom stereocenters. The number of fused-ring (bicyclic) bond motifs is 1. The Morgan fingerprint density at radius 1 is 1.00 bits per heavy atom. The molecule has 2 aromatic carbocycles. The van der Waals surface area contributed by atoms with Gasteiger partial charge in [0, 0.05) is 19.2 Å². The van der Waals surface area contributed by atoms with Gasteiger partial charge in [-0.1, -0.05) is 30.3 Å². The number of hydrogen-bond acceptors (Lipinski definition) is 4. The van der Waals surface area contributed by atoms with Gasteiger partial charge < -0.3 is 9.47 Å². The maximum Gasteiger partial charge on any atom is 0.243 e. The van der Waals surface area contributed by atoms with Gasteiger partial charge in [0.15, 0.2) is 11.5 Å². The predicted molar refractivity (Wildman–Crippen MR) is 87.2 cm³/mol. The molecule has 23 heavy (non-hydrogen) atoms. The van der Waals surface area contributed by atoms with E-state index in [0.29, 0.717) is 24.7 Å². The van der Waals surface area contributed by atoms with Crippen LogP contribution in [0.3, 0.4) is 0 Å². The Hall–Kier alpha value is -2.05. The molecule has 0 aromatic heterocycles. The third-order valence-corrected chi connectivity index (χ3v) is 5.94. The fraction of sp³-hybridized carbons (Fsp3) is 0.294. The number of nitrogens with zero attached hydrogens (tertiary/aromatic N) is 1. The van der Waals surface area contributed by atoms with Crippen LogP contribution in [0.1, 0.15) is 18.5 Å². The number of benzene rings is 2. The number of hydrogen-bond donors (Lipinski definition) is 0. The van der Waals surface area contributed by atoms with E-state index in [1.54, 1.807) is 19.2 Å². The van der Waals surface area contributed by atoms with Crippen molar-refractivity contribution in [2.75, 3.05) is 20.3 Å². The fourth-order valence-corrected chi connectivity index (χ4v) is 3.87. The van der Waals surface area contributed by atoms with Crippen LogP contribution in [0.2, 0.25) is 0 Å². The lowest BCUT2D eigenvalue weighted by Gasteiger charge is -2.25. The van der Waals surface area contributed by atoms with E-state index in [1.165, 1.54) is 10.4 Å². The Kier molecular flexibility index (Phi) is 4.28. The van der Waals surface area contributed by atoms with Gasteiger partial charge in [0.25, 0.3) is 0 Å². The highest BCUT2D eigenvalue weighted by Gasteiger charge is 2.27. The molecule has 2 aromatic rings. The Morgan fingerprint density at radius 2 is 1.65 bits per heavy atom. The number of sulfonamides is 1.